The predicted octanol–water partition coefficient (Wildman–Crippen LogP) is 1.48. The van der Waals surface area contributed by atoms with E-state index in [0.29, 0.717) is 11.5 Å². The molecule has 0 amide bonds. The average molecular weight is 259 g/mol. The summed E-state index contributed by atoms with van der Waals surface area (Å²) in [5, 5.41) is 10.9. The summed E-state index contributed by atoms with van der Waals surface area (Å²) in [7, 11) is 0. The number of rotatable bonds is 3. The molecule has 0 aliphatic carbocycles. The number of para-hydroxylation sites is 1. The summed E-state index contributed by atoms with van der Waals surface area (Å²) in [4.78, 5) is 22.8. The van der Waals surface area contributed by atoms with Gasteiger partial charge in [0.1, 0.15) is 22.8 Å². The van der Waals surface area contributed by atoms with Gasteiger partial charge in [-0.05, 0) is 32.0 Å². The van der Waals surface area contributed by atoms with Crippen LogP contribution in [0.3, 0.4) is 0 Å². The summed E-state index contributed by atoms with van der Waals surface area (Å²) in [6.45, 7) is 3.34. The van der Waals surface area contributed by atoms with Gasteiger partial charge < -0.3 is 19.1 Å². The lowest BCUT2D eigenvalue weighted by Crippen LogP contribution is -2.23. The van der Waals surface area contributed by atoms with Crippen LogP contribution in [0.2, 0.25) is 0 Å². The van der Waals surface area contributed by atoms with Crippen LogP contribution in [0.25, 0.3) is 0 Å². The molecule has 0 radical (unpaired) electrons. The van der Waals surface area contributed by atoms with E-state index < -0.39 is 11.9 Å². The number of furan rings is 1. The van der Waals surface area contributed by atoms with E-state index in [1.54, 1.807) is 26.0 Å². The Labute approximate surface area is 109 Å². The van der Waals surface area contributed by atoms with Crippen molar-refractivity contribution in [2.45, 2.75) is 13.8 Å². The number of carbonyl (C=O) groups excluding carboxylic acids is 2. The molecule has 1 aromatic heterocycles. The molecule has 2 aromatic rings. The normalized spacial score (nSPS) is 10.2. The summed E-state index contributed by atoms with van der Waals surface area (Å²) in [5.41, 5.74) is 0.0966. The zero-order valence-corrected chi connectivity index (χ0v) is 10.4. The van der Waals surface area contributed by atoms with Crippen LogP contribution in [0.4, 0.5) is 0 Å². The van der Waals surface area contributed by atoms with Crippen molar-refractivity contribution in [3.63, 3.8) is 0 Å². The molecule has 5 heteroatoms. The fraction of sp³-hybridized carbons (Fsp3) is 0.143. The van der Waals surface area contributed by atoms with E-state index in [1.807, 2.05) is 0 Å². The SMILES string of the molecule is Cc1cc(C(=O)Oc2ccccc2C(=O)[O-])c(C)o1. The first-order chi connectivity index (χ1) is 8.99. The van der Waals surface area contributed by atoms with Crippen LogP contribution in [0, 0.1) is 13.8 Å². The van der Waals surface area contributed by atoms with Crippen molar-refractivity contribution in [2.75, 3.05) is 0 Å². The van der Waals surface area contributed by atoms with Gasteiger partial charge in [0.2, 0.25) is 0 Å². The number of benzene rings is 1. The van der Waals surface area contributed by atoms with Crippen LogP contribution in [-0.4, -0.2) is 11.9 Å². The Bertz CT molecular complexity index is 639. The first-order valence-corrected chi connectivity index (χ1v) is 5.58. The van der Waals surface area contributed by atoms with E-state index in [9.17, 15) is 14.7 Å². The molecule has 0 saturated carbocycles. The lowest BCUT2D eigenvalue weighted by atomic mass is 10.2. The van der Waals surface area contributed by atoms with Crippen LogP contribution in [0.5, 0.6) is 5.75 Å². The molecule has 0 aliphatic rings. The fourth-order valence-corrected chi connectivity index (χ4v) is 1.71. The fourth-order valence-electron chi connectivity index (χ4n) is 1.71. The van der Waals surface area contributed by atoms with E-state index in [0.717, 1.165) is 0 Å². The van der Waals surface area contributed by atoms with Gasteiger partial charge in [0.05, 0.1) is 5.97 Å². The molecule has 0 bridgehead atoms. The first kappa shape index (κ1) is 12.9. The highest BCUT2D eigenvalue weighted by atomic mass is 16.5. The molecule has 0 atom stereocenters. The Morgan fingerprint density at radius 1 is 1.16 bits per heavy atom. The third-order valence-electron chi connectivity index (χ3n) is 2.57. The van der Waals surface area contributed by atoms with E-state index in [2.05, 4.69) is 0 Å². The second kappa shape index (κ2) is 4.97. The minimum atomic E-state index is -1.40. The summed E-state index contributed by atoms with van der Waals surface area (Å²) >= 11 is 0. The van der Waals surface area contributed by atoms with Gasteiger partial charge in [0.15, 0.2) is 0 Å². The first-order valence-electron chi connectivity index (χ1n) is 5.58. The summed E-state index contributed by atoms with van der Waals surface area (Å²) in [6.07, 6.45) is 0. The zero-order valence-electron chi connectivity index (χ0n) is 10.4. The largest absolute Gasteiger partial charge is 0.545 e. The van der Waals surface area contributed by atoms with Gasteiger partial charge in [-0.2, -0.15) is 0 Å². The van der Waals surface area contributed by atoms with Crippen molar-refractivity contribution < 1.29 is 23.8 Å². The molecule has 1 aromatic carbocycles. The second-order valence-electron chi connectivity index (χ2n) is 4.00. The third kappa shape index (κ3) is 2.65. The highest BCUT2D eigenvalue weighted by molar-refractivity contribution is 5.95. The minimum absolute atomic E-state index is 0.0502. The van der Waals surface area contributed by atoms with Crippen LogP contribution in [-0.2, 0) is 0 Å². The smallest absolute Gasteiger partial charge is 0.347 e. The Kier molecular flexibility index (Phi) is 3.37. The molecule has 0 aliphatic heterocycles. The van der Waals surface area contributed by atoms with Crippen molar-refractivity contribution in [3.05, 3.63) is 53.0 Å². The average Bonchev–Trinajstić information content (AvgIpc) is 2.69. The highest BCUT2D eigenvalue weighted by Gasteiger charge is 2.17. The number of ether oxygens (including phenoxy) is 1. The number of hydrogen-bond donors (Lipinski definition) is 0. The molecule has 2 rings (SSSR count). The van der Waals surface area contributed by atoms with Crippen LogP contribution in [0.15, 0.2) is 34.7 Å². The number of carbonyl (C=O) groups is 2. The van der Waals surface area contributed by atoms with Crippen molar-refractivity contribution in [3.8, 4) is 5.75 Å². The van der Waals surface area contributed by atoms with Gasteiger partial charge in [-0.3, -0.25) is 0 Å². The topological polar surface area (TPSA) is 79.6 Å². The predicted molar refractivity (Wildman–Crippen MR) is 63.9 cm³/mol. The Morgan fingerprint density at radius 3 is 2.42 bits per heavy atom. The highest BCUT2D eigenvalue weighted by Crippen LogP contribution is 2.21. The lowest BCUT2D eigenvalue weighted by Gasteiger charge is -2.09. The zero-order chi connectivity index (χ0) is 14.0. The summed E-state index contributed by atoms with van der Waals surface area (Å²) in [6, 6.07) is 7.34. The molecule has 0 saturated heterocycles. The second-order valence-corrected chi connectivity index (χ2v) is 4.00. The van der Waals surface area contributed by atoms with Crippen LogP contribution >= 0.6 is 0 Å². The number of carboxylic acids is 1. The molecule has 98 valence electrons. The van der Waals surface area contributed by atoms with Crippen LogP contribution in [0.1, 0.15) is 32.2 Å². The minimum Gasteiger partial charge on any atom is -0.545 e. The van der Waals surface area contributed by atoms with Gasteiger partial charge in [-0.25, -0.2) is 4.79 Å². The van der Waals surface area contributed by atoms with Gasteiger partial charge in [-0.1, -0.05) is 12.1 Å². The molecule has 0 N–H and O–H groups in total. The number of aryl methyl sites for hydroxylation is 2. The number of esters is 1. The van der Waals surface area contributed by atoms with Crippen molar-refractivity contribution in [1.29, 1.82) is 0 Å². The van der Waals surface area contributed by atoms with E-state index in [-0.39, 0.29) is 16.9 Å². The van der Waals surface area contributed by atoms with Gasteiger partial charge in [0.25, 0.3) is 0 Å². The molecule has 0 unspecified atom stereocenters. The van der Waals surface area contributed by atoms with Crippen molar-refractivity contribution >= 4 is 11.9 Å². The maximum absolute atomic E-state index is 11.9. The molecular formula is C14H11O5-. The molecular weight excluding hydrogens is 248 g/mol. The molecule has 0 fully saturated rings. The number of carboxylic acid groups (broad SMARTS) is 1. The van der Waals surface area contributed by atoms with Gasteiger partial charge in [0, 0.05) is 5.56 Å². The maximum Gasteiger partial charge on any atom is 0.347 e. The summed E-state index contributed by atoms with van der Waals surface area (Å²) < 4.78 is 10.3. The quantitative estimate of drug-likeness (QED) is 0.616. The lowest BCUT2D eigenvalue weighted by molar-refractivity contribution is -0.255. The Hall–Kier alpha value is -2.56. The maximum atomic E-state index is 11.9. The van der Waals surface area contributed by atoms with E-state index in [4.69, 9.17) is 9.15 Å². The third-order valence-corrected chi connectivity index (χ3v) is 2.57. The van der Waals surface area contributed by atoms with Crippen molar-refractivity contribution in [2.24, 2.45) is 0 Å². The van der Waals surface area contributed by atoms with Gasteiger partial charge >= 0.3 is 5.97 Å². The molecule has 1 heterocycles. The number of aromatic carboxylic acids is 1. The van der Waals surface area contributed by atoms with Gasteiger partial charge in [-0.15, -0.1) is 0 Å². The molecule has 5 nitrogen and oxygen atoms in total. The molecule has 19 heavy (non-hydrogen) atoms. The summed E-state index contributed by atoms with van der Waals surface area (Å²) in [5.74, 6) is -1.11. The standard InChI is InChI=1S/C14H12O5/c1-8-7-11(9(2)18-8)14(17)19-12-6-4-3-5-10(12)13(15)16/h3-7H,1-2H3,(H,15,16)/p-1. The Morgan fingerprint density at radius 2 is 1.84 bits per heavy atom. The van der Waals surface area contributed by atoms with E-state index in [1.165, 1.54) is 18.2 Å². The Balaban J connectivity index is 2.29. The van der Waals surface area contributed by atoms with Crippen molar-refractivity contribution in [1.82, 2.24) is 0 Å². The van der Waals surface area contributed by atoms with E-state index >= 15 is 0 Å². The number of hydrogen-bond acceptors (Lipinski definition) is 5. The molecule has 0 spiro atoms. The van der Waals surface area contributed by atoms with Crippen LogP contribution < -0.4 is 9.84 Å². The monoisotopic (exact) mass is 259 g/mol.